The van der Waals surface area contributed by atoms with Crippen LogP contribution in [0.4, 0.5) is 0 Å². The third-order valence-corrected chi connectivity index (χ3v) is 4.73. The number of nitrogens with zero attached hydrogens (tertiary/aromatic N) is 3. The number of aryl methyl sites for hydroxylation is 1. The number of aliphatic imine (C=N–C) groups is 1. The monoisotopic (exact) mass is 459 g/mol. The third-order valence-electron chi connectivity index (χ3n) is 4.73. The number of hydrogen-bond acceptors (Lipinski definition) is 3. The molecule has 2 rings (SSSR count). The van der Waals surface area contributed by atoms with Gasteiger partial charge in [0.25, 0.3) is 0 Å². The van der Waals surface area contributed by atoms with E-state index in [0.29, 0.717) is 6.04 Å². The average Bonchev–Trinajstić information content (AvgIpc) is 2.62. The van der Waals surface area contributed by atoms with E-state index in [1.807, 2.05) is 7.05 Å². The van der Waals surface area contributed by atoms with Crippen LogP contribution in [0.15, 0.2) is 35.3 Å². The predicted octanol–water partition coefficient (Wildman–Crippen LogP) is 2.04. The summed E-state index contributed by atoms with van der Waals surface area (Å²) < 4.78 is 0. The average molecular weight is 459 g/mol. The summed E-state index contributed by atoms with van der Waals surface area (Å²) in [6, 6.07) is 11.2. The lowest BCUT2D eigenvalue weighted by Crippen LogP contribution is -2.52. The largest absolute Gasteiger partial charge is 0.356 e. The van der Waals surface area contributed by atoms with Crippen LogP contribution in [0, 0.1) is 0 Å². The summed E-state index contributed by atoms with van der Waals surface area (Å²) in [5.74, 6) is 0.907. The van der Waals surface area contributed by atoms with Crippen molar-refractivity contribution in [2.24, 2.45) is 4.99 Å². The van der Waals surface area contributed by atoms with E-state index in [9.17, 15) is 0 Å². The van der Waals surface area contributed by atoms with Gasteiger partial charge in [-0.25, -0.2) is 0 Å². The third kappa shape index (κ3) is 8.37. The van der Waals surface area contributed by atoms with Gasteiger partial charge in [0.05, 0.1) is 0 Å². The van der Waals surface area contributed by atoms with Crippen molar-refractivity contribution in [1.29, 1.82) is 0 Å². The standard InChI is InChI=1S/C19H33N5.HI/c1-17(24-14-12-23(3)13-15-24)16-22-19(20-2)21-11-7-10-18-8-5-4-6-9-18;/h4-6,8-9,17H,7,10-16H2,1-3H3,(H2,20,21,22);1H. The fourth-order valence-electron chi connectivity index (χ4n) is 3.00. The molecule has 25 heavy (non-hydrogen) atoms. The highest BCUT2D eigenvalue weighted by Crippen LogP contribution is 2.04. The first-order chi connectivity index (χ1) is 11.7. The van der Waals surface area contributed by atoms with Crippen LogP contribution in [0.1, 0.15) is 18.9 Å². The Morgan fingerprint density at radius 1 is 1.12 bits per heavy atom. The van der Waals surface area contributed by atoms with Crippen molar-refractivity contribution >= 4 is 29.9 Å². The number of hydrogen-bond donors (Lipinski definition) is 2. The molecule has 1 heterocycles. The fourth-order valence-corrected chi connectivity index (χ4v) is 3.00. The smallest absolute Gasteiger partial charge is 0.191 e. The van der Waals surface area contributed by atoms with E-state index in [-0.39, 0.29) is 24.0 Å². The highest BCUT2D eigenvalue weighted by molar-refractivity contribution is 14.0. The van der Waals surface area contributed by atoms with Crippen molar-refractivity contribution in [2.45, 2.75) is 25.8 Å². The van der Waals surface area contributed by atoms with Gasteiger partial charge in [-0.15, -0.1) is 24.0 Å². The molecular weight excluding hydrogens is 425 g/mol. The second-order valence-corrected chi connectivity index (χ2v) is 6.66. The van der Waals surface area contributed by atoms with Crippen molar-refractivity contribution in [2.75, 3.05) is 53.4 Å². The van der Waals surface area contributed by atoms with Crippen molar-refractivity contribution < 1.29 is 0 Å². The number of guanidine groups is 1. The van der Waals surface area contributed by atoms with Crippen molar-refractivity contribution in [3.8, 4) is 0 Å². The zero-order chi connectivity index (χ0) is 17.2. The number of halogens is 1. The van der Waals surface area contributed by atoms with Gasteiger partial charge in [0.2, 0.25) is 0 Å². The molecule has 5 nitrogen and oxygen atoms in total. The van der Waals surface area contributed by atoms with E-state index in [1.165, 1.54) is 5.56 Å². The summed E-state index contributed by atoms with van der Waals surface area (Å²) in [6.45, 7) is 8.80. The Hall–Kier alpha value is -0.860. The Balaban J connectivity index is 0.00000312. The minimum absolute atomic E-state index is 0. The van der Waals surface area contributed by atoms with Crippen molar-refractivity contribution in [3.05, 3.63) is 35.9 Å². The molecule has 0 bridgehead atoms. The van der Waals surface area contributed by atoms with Gasteiger partial charge >= 0.3 is 0 Å². The van der Waals surface area contributed by atoms with Gasteiger partial charge in [-0.2, -0.15) is 0 Å². The lowest BCUT2D eigenvalue weighted by molar-refractivity contribution is 0.120. The molecule has 1 unspecified atom stereocenters. The first-order valence-corrected chi connectivity index (χ1v) is 9.10. The van der Waals surface area contributed by atoms with Crippen LogP contribution in [0.3, 0.4) is 0 Å². The molecule has 0 amide bonds. The van der Waals surface area contributed by atoms with Crippen molar-refractivity contribution in [1.82, 2.24) is 20.4 Å². The lowest BCUT2D eigenvalue weighted by Gasteiger charge is -2.36. The summed E-state index contributed by atoms with van der Waals surface area (Å²) in [4.78, 5) is 9.27. The molecule has 0 spiro atoms. The number of benzene rings is 1. The van der Waals surface area contributed by atoms with Crippen LogP contribution in [-0.2, 0) is 6.42 Å². The van der Waals surface area contributed by atoms with Crippen LogP contribution in [0.25, 0.3) is 0 Å². The van der Waals surface area contributed by atoms with Crippen LogP contribution in [0.2, 0.25) is 0 Å². The second kappa shape index (κ2) is 12.5. The molecule has 1 aliphatic rings. The summed E-state index contributed by atoms with van der Waals surface area (Å²) >= 11 is 0. The van der Waals surface area contributed by atoms with E-state index < -0.39 is 0 Å². The minimum atomic E-state index is 0. The van der Waals surface area contributed by atoms with Crippen molar-refractivity contribution in [3.63, 3.8) is 0 Å². The molecule has 1 fully saturated rings. The lowest BCUT2D eigenvalue weighted by atomic mass is 10.1. The molecule has 1 aromatic rings. The first-order valence-electron chi connectivity index (χ1n) is 9.10. The summed E-state index contributed by atoms with van der Waals surface area (Å²) in [6.07, 6.45) is 2.21. The van der Waals surface area contributed by atoms with E-state index in [2.05, 4.69) is 69.7 Å². The molecule has 0 saturated carbocycles. The van der Waals surface area contributed by atoms with Gasteiger partial charge < -0.3 is 15.5 Å². The topological polar surface area (TPSA) is 42.9 Å². The zero-order valence-electron chi connectivity index (χ0n) is 15.9. The highest BCUT2D eigenvalue weighted by Gasteiger charge is 2.18. The molecule has 1 aliphatic heterocycles. The minimum Gasteiger partial charge on any atom is -0.356 e. The van der Waals surface area contributed by atoms with Gasteiger partial charge in [0, 0.05) is 52.4 Å². The van der Waals surface area contributed by atoms with Gasteiger partial charge in [0.1, 0.15) is 0 Å². The molecule has 0 radical (unpaired) electrons. The van der Waals surface area contributed by atoms with Gasteiger partial charge in [-0.05, 0) is 32.4 Å². The van der Waals surface area contributed by atoms with E-state index in [4.69, 9.17) is 0 Å². The van der Waals surface area contributed by atoms with Gasteiger partial charge in [0.15, 0.2) is 5.96 Å². The summed E-state index contributed by atoms with van der Waals surface area (Å²) in [7, 11) is 4.04. The Kier molecular flexibility index (Phi) is 11.1. The molecule has 1 aromatic carbocycles. The molecule has 6 heteroatoms. The number of likely N-dealkylation sites (N-methyl/N-ethyl adjacent to an activating group) is 1. The molecular formula is C19H34IN5. The summed E-state index contributed by atoms with van der Waals surface area (Å²) in [5.41, 5.74) is 1.39. The highest BCUT2D eigenvalue weighted by atomic mass is 127. The molecule has 1 atom stereocenters. The Morgan fingerprint density at radius 2 is 1.80 bits per heavy atom. The number of nitrogens with one attached hydrogen (secondary N) is 2. The number of piperazine rings is 1. The first kappa shape index (κ1) is 22.2. The fraction of sp³-hybridized carbons (Fsp3) is 0.632. The predicted molar refractivity (Wildman–Crippen MR) is 118 cm³/mol. The Labute approximate surface area is 170 Å². The van der Waals surface area contributed by atoms with Gasteiger partial charge in [-0.3, -0.25) is 9.89 Å². The Morgan fingerprint density at radius 3 is 2.44 bits per heavy atom. The number of rotatable bonds is 7. The summed E-state index contributed by atoms with van der Waals surface area (Å²) in [5, 5.41) is 6.88. The van der Waals surface area contributed by atoms with E-state index in [1.54, 1.807) is 0 Å². The van der Waals surface area contributed by atoms with Crippen LogP contribution < -0.4 is 10.6 Å². The zero-order valence-corrected chi connectivity index (χ0v) is 18.2. The molecule has 2 N–H and O–H groups in total. The maximum Gasteiger partial charge on any atom is 0.191 e. The SMILES string of the molecule is CN=C(NCCCc1ccccc1)NCC(C)N1CCN(C)CC1.I. The maximum atomic E-state index is 4.33. The molecule has 1 saturated heterocycles. The van der Waals surface area contributed by atoms with Gasteiger partial charge in [-0.1, -0.05) is 30.3 Å². The molecule has 0 aromatic heterocycles. The van der Waals surface area contributed by atoms with E-state index in [0.717, 1.165) is 58.1 Å². The van der Waals surface area contributed by atoms with Crippen LogP contribution in [-0.4, -0.2) is 75.2 Å². The molecule has 0 aliphatic carbocycles. The maximum absolute atomic E-state index is 4.33. The second-order valence-electron chi connectivity index (χ2n) is 6.66. The van der Waals surface area contributed by atoms with Crippen LogP contribution >= 0.6 is 24.0 Å². The Bertz CT molecular complexity index is 486. The van der Waals surface area contributed by atoms with E-state index >= 15 is 0 Å². The van der Waals surface area contributed by atoms with Crippen LogP contribution in [0.5, 0.6) is 0 Å². The normalized spacial score (nSPS) is 17.6. The quantitative estimate of drug-likeness (QED) is 0.284. The molecule has 142 valence electrons.